The van der Waals surface area contributed by atoms with Crippen LogP contribution in [0.1, 0.15) is 18.7 Å². The van der Waals surface area contributed by atoms with Crippen LogP contribution in [0.15, 0.2) is 34.9 Å². The van der Waals surface area contributed by atoms with E-state index in [-0.39, 0.29) is 12.0 Å². The van der Waals surface area contributed by atoms with Crippen molar-refractivity contribution in [2.24, 2.45) is 0 Å². The summed E-state index contributed by atoms with van der Waals surface area (Å²) in [5, 5.41) is 5.11. The molecule has 0 spiro atoms. The summed E-state index contributed by atoms with van der Waals surface area (Å²) in [6.07, 6.45) is 1.99. The summed E-state index contributed by atoms with van der Waals surface area (Å²) in [7, 11) is 1.78. The number of carbonyl (C=O) groups excluding carboxylic acids is 1. The molecule has 1 aromatic carbocycles. The molecule has 4 rings (SSSR count). The zero-order valence-electron chi connectivity index (χ0n) is 14.1. The van der Waals surface area contributed by atoms with Gasteiger partial charge in [-0.2, -0.15) is 4.98 Å². The van der Waals surface area contributed by atoms with E-state index < -0.39 is 0 Å². The molecule has 0 bridgehead atoms. The predicted octanol–water partition coefficient (Wildman–Crippen LogP) is 2.40. The number of para-hydroxylation sites is 1. The number of aromatic amines is 1. The first-order chi connectivity index (χ1) is 12.2. The van der Waals surface area contributed by atoms with E-state index >= 15 is 0 Å². The van der Waals surface area contributed by atoms with Crippen LogP contribution in [0.3, 0.4) is 0 Å². The summed E-state index contributed by atoms with van der Waals surface area (Å²) in [6.45, 7) is 1.20. The molecular formula is C18H20N4O3. The Bertz CT molecular complexity index is 846. The number of hydrogen-bond acceptors (Lipinski definition) is 5. The van der Waals surface area contributed by atoms with E-state index in [2.05, 4.69) is 15.1 Å². The second-order valence-electron chi connectivity index (χ2n) is 6.30. The van der Waals surface area contributed by atoms with Gasteiger partial charge in [-0.1, -0.05) is 23.4 Å². The normalized spacial score (nSPS) is 17.2. The van der Waals surface area contributed by atoms with Crippen molar-refractivity contribution in [2.45, 2.75) is 25.4 Å². The fourth-order valence-corrected chi connectivity index (χ4v) is 3.05. The van der Waals surface area contributed by atoms with Crippen molar-refractivity contribution in [3.8, 4) is 11.6 Å². The van der Waals surface area contributed by atoms with Gasteiger partial charge in [0.05, 0.1) is 0 Å². The van der Waals surface area contributed by atoms with E-state index in [1.165, 1.54) is 0 Å². The Morgan fingerprint density at radius 3 is 3.08 bits per heavy atom. The van der Waals surface area contributed by atoms with E-state index in [9.17, 15) is 4.79 Å². The van der Waals surface area contributed by atoms with Gasteiger partial charge in [0.25, 0.3) is 11.8 Å². The molecule has 25 heavy (non-hydrogen) atoms. The first kappa shape index (κ1) is 15.8. The first-order valence-corrected chi connectivity index (χ1v) is 8.48. The Hall–Kier alpha value is -2.67. The molecule has 1 aliphatic rings. The molecule has 1 atom stereocenters. The Morgan fingerprint density at radius 2 is 2.28 bits per heavy atom. The number of nitrogens with one attached hydrogen (secondary N) is 1. The second-order valence-corrected chi connectivity index (χ2v) is 6.30. The third-order valence-electron chi connectivity index (χ3n) is 4.48. The van der Waals surface area contributed by atoms with Crippen LogP contribution in [0.25, 0.3) is 22.5 Å². The maximum atomic E-state index is 12.2. The van der Waals surface area contributed by atoms with Crippen LogP contribution in [0.4, 0.5) is 0 Å². The minimum atomic E-state index is -0.294. The van der Waals surface area contributed by atoms with Crippen LogP contribution >= 0.6 is 0 Å². The first-order valence-electron chi connectivity index (χ1n) is 8.48. The summed E-state index contributed by atoms with van der Waals surface area (Å²) < 4.78 is 10.8. The summed E-state index contributed by atoms with van der Waals surface area (Å²) in [5.74, 6) is 1.07. The van der Waals surface area contributed by atoms with Crippen molar-refractivity contribution in [3.05, 3.63) is 36.2 Å². The molecule has 1 saturated heterocycles. The SMILES string of the molecule is CN(CCc1noc(-c2cc3ccccc3[nH]2)n1)C(=O)C1CCCO1. The van der Waals surface area contributed by atoms with Crippen molar-refractivity contribution in [1.82, 2.24) is 20.0 Å². The van der Waals surface area contributed by atoms with Gasteiger partial charge in [0.1, 0.15) is 11.8 Å². The molecule has 1 N–H and O–H groups in total. The van der Waals surface area contributed by atoms with E-state index in [4.69, 9.17) is 9.26 Å². The number of aromatic nitrogens is 3. The number of nitrogens with zero attached hydrogens (tertiary/aromatic N) is 3. The van der Waals surface area contributed by atoms with Crippen LogP contribution in [0.2, 0.25) is 0 Å². The standard InChI is InChI=1S/C18H20N4O3/c1-22(18(23)15-7-4-10-24-15)9-8-16-20-17(25-21-16)14-11-12-5-2-3-6-13(12)19-14/h2-3,5-6,11,15,19H,4,7-10H2,1H3. The molecule has 1 amide bonds. The molecule has 7 nitrogen and oxygen atoms in total. The third-order valence-corrected chi connectivity index (χ3v) is 4.48. The average Bonchev–Trinajstić information content (AvgIpc) is 3.38. The largest absolute Gasteiger partial charge is 0.368 e. The molecule has 0 aliphatic carbocycles. The van der Waals surface area contributed by atoms with Gasteiger partial charge >= 0.3 is 0 Å². The zero-order chi connectivity index (χ0) is 17.2. The summed E-state index contributed by atoms with van der Waals surface area (Å²) in [5.41, 5.74) is 1.82. The lowest BCUT2D eigenvalue weighted by Crippen LogP contribution is -2.37. The number of rotatable bonds is 5. The molecule has 3 aromatic rings. The Kier molecular flexibility index (Phi) is 4.23. The van der Waals surface area contributed by atoms with E-state index in [1.54, 1.807) is 11.9 Å². The molecule has 7 heteroatoms. The van der Waals surface area contributed by atoms with Crippen LogP contribution in [0.5, 0.6) is 0 Å². The van der Waals surface area contributed by atoms with Gasteiger partial charge in [-0.3, -0.25) is 4.79 Å². The van der Waals surface area contributed by atoms with Crippen molar-refractivity contribution in [1.29, 1.82) is 0 Å². The van der Waals surface area contributed by atoms with Gasteiger partial charge in [-0.15, -0.1) is 0 Å². The third kappa shape index (κ3) is 3.28. The Balaban J connectivity index is 1.40. The lowest BCUT2D eigenvalue weighted by atomic mass is 10.2. The highest BCUT2D eigenvalue weighted by Crippen LogP contribution is 2.22. The number of likely N-dealkylation sites (N-methyl/N-ethyl adjacent to an activating group) is 1. The molecule has 0 saturated carbocycles. The number of carbonyl (C=O) groups is 1. The smallest absolute Gasteiger partial charge is 0.274 e. The Morgan fingerprint density at radius 1 is 1.40 bits per heavy atom. The highest BCUT2D eigenvalue weighted by molar-refractivity contribution is 5.84. The van der Waals surface area contributed by atoms with Gasteiger partial charge in [-0.25, -0.2) is 0 Å². The monoisotopic (exact) mass is 340 g/mol. The average molecular weight is 340 g/mol. The number of hydrogen-bond donors (Lipinski definition) is 1. The van der Waals surface area contributed by atoms with Crippen LogP contribution in [-0.4, -0.2) is 52.2 Å². The van der Waals surface area contributed by atoms with Crippen molar-refractivity contribution < 1.29 is 14.1 Å². The molecule has 2 aromatic heterocycles. The molecule has 0 radical (unpaired) electrons. The number of fused-ring (bicyclic) bond motifs is 1. The number of H-pyrrole nitrogens is 1. The molecule has 1 aliphatic heterocycles. The highest BCUT2D eigenvalue weighted by atomic mass is 16.5. The van der Waals surface area contributed by atoms with E-state index in [0.717, 1.165) is 29.4 Å². The second kappa shape index (κ2) is 6.68. The van der Waals surface area contributed by atoms with Crippen LogP contribution < -0.4 is 0 Å². The van der Waals surface area contributed by atoms with Crippen LogP contribution in [0, 0.1) is 0 Å². The zero-order valence-corrected chi connectivity index (χ0v) is 14.1. The van der Waals surface area contributed by atoms with Crippen molar-refractivity contribution >= 4 is 16.8 Å². The maximum Gasteiger partial charge on any atom is 0.274 e. The topological polar surface area (TPSA) is 84.3 Å². The fourth-order valence-electron chi connectivity index (χ4n) is 3.05. The number of amides is 1. The van der Waals surface area contributed by atoms with Gasteiger partial charge in [0.15, 0.2) is 5.82 Å². The minimum Gasteiger partial charge on any atom is -0.368 e. The lowest BCUT2D eigenvalue weighted by molar-refractivity contribution is -0.139. The van der Waals surface area contributed by atoms with Gasteiger partial charge < -0.3 is 19.1 Å². The van der Waals surface area contributed by atoms with Gasteiger partial charge in [-0.05, 0) is 25.0 Å². The fraction of sp³-hybridized carbons (Fsp3) is 0.389. The Labute approximate surface area is 145 Å². The van der Waals surface area contributed by atoms with Crippen LogP contribution in [-0.2, 0) is 16.0 Å². The lowest BCUT2D eigenvalue weighted by Gasteiger charge is -2.19. The molecule has 3 heterocycles. The number of ether oxygens (including phenoxy) is 1. The number of benzene rings is 1. The predicted molar refractivity (Wildman–Crippen MR) is 91.9 cm³/mol. The molecule has 1 unspecified atom stereocenters. The summed E-state index contributed by atoms with van der Waals surface area (Å²) >= 11 is 0. The van der Waals surface area contributed by atoms with Gasteiger partial charge in [0, 0.05) is 37.5 Å². The minimum absolute atomic E-state index is 0.0248. The molecule has 1 fully saturated rings. The summed E-state index contributed by atoms with van der Waals surface area (Å²) in [6, 6.07) is 9.97. The maximum absolute atomic E-state index is 12.2. The van der Waals surface area contributed by atoms with Crippen molar-refractivity contribution in [2.75, 3.05) is 20.2 Å². The van der Waals surface area contributed by atoms with E-state index in [0.29, 0.717) is 31.3 Å². The van der Waals surface area contributed by atoms with E-state index in [1.807, 2.05) is 30.3 Å². The van der Waals surface area contributed by atoms with Crippen molar-refractivity contribution in [3.63, 3.8) is 0 Å². The summed E-state index contributed by atoms with van der Waals surface area (Å²) in [4.78, 5) is 21.6. The van der Waals surface area contributed by atoms with Gasteiger partial charge in [0.2, 0.25) is 0 Å². The molecule has 130 valence electrons. The quantitative estimate of drug-likeness (QED) is 0.771. The highest BCUT2D eigenvalue weighted by Gasteiger charge is 2.26. The molecular weight excluding hydrogens is 320 g/mol.